The van der Waals surface area contributed by atoms with E-state index in [1.54, 1.807) is 0 Å². The van der Waals surface area contributed by atoms with Crippen LogP contribution < -0.4 is 0 Å². The molecule has 0 unspecified atom stereocenters. The summed E-state index contributed by atoms with van der Waals surface area (Å²) in [6.07, 6.45) is 5.20. The first kappa shape index (κ1) is 10.9. The molecule has 0 saturated carbocycles. The van der Waals surface area contributed by atoms with E-state index in [2.05, 4.69) is 6.92 Å². The maximum absolute atomic E-state index is 11.1. The molecule has 1 aromatic heterocycles. The van der Waals surface area contributed by atoms with E-state index in [4.69, 9.17) is 4.42 Å². The molecule has 16 heavy (non-hydrogen) atoms. The number of fused-ring (bicyclic) bond motifs is 1. The maximum atomic E-state index is 11.1. The van der Waals surface area contributed by atoms with Crippen molar-refractivity contribution < 1.29 is 9.21 Å². The van der Waals surface area contributed by atoms with Gasteiger partial charge in [-0.05, 0) is 12.5 Å². The molecule has 0 fully saturated rings. The number of unbranched alkanes of at least 4 members (excludes halogenated alkanes) is 2. The number of hydrogen-bond donors (Lipinski definition) is 0. The third-order valence-corrected chi connectivity index (χ3v) is 2.84. The third-order valence-electron chi connectivity index (χ3n) is 2.84. The largest absolute Gasteiger partial charge is 0.460 e. The van der Waals surface area contributed by atoms with E-state index in [0.29, 0.717) is 0 Å². The lowest BCUT2D eigenvalue weighted by atomic mass is 10.1. The highest BCUT2D eigenvalue weighted by Gasteiger charge is 2.12. The minimum Gasteiger partial charge on any atom is -0.460 e. The number of hydrogen-bond acceptors (Lipinski definition) is 2. The second kappa shape index (κ2) is 4.97. The first-order valence-corrected chi connectivity index (χ1v) is 5.82. The van der Waals surface area contributed by atoms with Gasteiger partial charge in [0.2, 0.25) is 0 Å². The second-order valence-electron chi connectivity index (χ2n) is 4.01. The Hall–Kier alpha value is -1.57. The van der Waals surface area contributed by atoms with Crippen molar-refractivity contribution in [3.05, 3.63) is 35.6 Å². The normalized spacial score (nSPS) is 10.8. The predicted octanol–water partition coefficient (Wildman–Crippen LogP) is 3.98. The average molecular weight is 216 g/mol. The van der Waals surface area contributed by atoms with Gasteiger partial charge in [0.1, 0.15) is 11.3 Å². The second-order valence-corrected chi connectivity index (χ2v) is 4.01. The number of rotatable bonds is 5. The number of furan rings is 1. The monoisotopic (exact) mass is 216 g/mol. The van der Waals surface area contributed by atoms with Gasteiger partial charge in [-0.1, -0.05) is 38.0 Å². The van der Waals surface area contributed by atoms with Crippen molar-refractivity contribution in [2.75, 3.05) is 0 Å². The SMILES string of the molecule is CCCCCc1oc2ccccc2c1C=O. The van der Waals surface area contributed by atoms with E-state index >= 15 is 0 Å². The fourth-order valence-electron chi connectivity index (χ4n) is 1.97. The summed E-state index contributed by atoms with van der Waals surface area (Å²) in [5, 5.41) is 0.934. The van der Waals surface area contributed by atoms with Crippen LogP contribution in [0.2, 0.25) is 0 Å². The van der Waals surface area contributed by atoms with E-state index < -0.39 is 0 Å². The molecule has 2 rings (SSSR count). The lowest BCUT2D eigenvalue weighted by molar-refractivity contribution is 0.112. The Morgan fingerprint density at radius 2 is 2.06 bits per heavy atom. The van der Waals surface area contributed by atoms with Crippen molar-refractivity contribution >= 4 is 17.3 Å². The Morgan fingerprint density at radius 3 is 2.81 bits per heavy atom. The molecule has 0 amide bonds. The van der Waals surface area contributed by atoms with Gasteiger partial charge >= 0.3 is 0 Å². The minimum atomic E-state index is 0.728. The molecular weight excluding hydrogens is 200 g/mol. The van der Waals surface area contributed by atoms with E-state index in [0.717, 1.165) is 41.4 Å². The number of carbonyl (C=O) groups is 1. The van der Waals surface area contributed by atoms with Gasteiger partial charge in [0.15, 0.2) is 6.29 Å². The van der Waals surface area contributed by atoms with Crippen molar-refractivity contribution in [1.29, 1.82) is 0 Å². The zero-order valence-corrected chi connectivity index (χ0v) is 9.53. The fourth-order valence-corrected chi connectivity index (χ4v) is 1.97. The Kier molecular flexibility index (Phi) is 3.40. The van der Waals surface area contributed by atoms with Crippen molar-refractivity contribution in [3.8, 4) is 0 Å². The van der Waals surface area contributed by atoms with Gasteiger partial charge in [-0.2, -0.15) is 0 Å². The van der Waals surface area contributed by atoms with Crippen molar-refractivity contribution in [3.63, 3.8) is 0 Å². The molecule has 0 aliphatic heterocycles. The lowest BCUT2D eigenvalue weighted by Gasteiger charge is -1.96. The summed E-state index contributed by atoms with van der Waals surface area (Å²) < 4.78 is 5.71. The first-order chi connectivity index (χ1) is 7.86. The molecule has 0 radical (unpaired) electrons. The van der Waals surface area contributed by atoms with Crippen LogP contribution in [0.15, 0.2) is 28.7 Å². The van der Waals surface area contributed by atoms with Crippen molar-refractivity contribution in [2.24, 2.45) is 0 Å². The van der Waals surface area contributed by atoms with Gasteiger partial charge in [0.25, 0.3) is 0 Å². The summed E-state index contributed by atoms with van der Waals surface area (Å²) >= 11 is 0. The van der Waals surface area contributed by atoms with E-state index in [-0.39, 0.29) is 0 Å². The molecule has 2 aromatic rings. The Balaban J connectivity index is 2.33. The average Bonchev–Trinajstić information content (AvgIpc) is 2.67. The number of para-hydroxylation sites is 1. The molecule has 0 spiro atoms. The molecule has 2 heteroatoms. The van der Waals surface area contributed by atoms with E-state index in [9.17, 15) is 4.79 Å². The maximum Gasteiger partial charge on any atom is 0.154 e. The van der Waals surface area contributed by atoms with Crippen LogP contribution >= 0.6 is 0 Å². The number of carbonyl (C=O) groups excluding carboxylic acids is 1. The van der Waals surface area contributed by atoms with Crippen LogP contribution in [0.1, 0.15) is 42.3 Å². The molecule has 2 nitrogen and oxygen atoms in total. The van der Waals surface area contributed by atoms with Crippen LogP contribution in [0.25, 0.3) is 11.0 Å². The van der Waals surface area contributed by atoms with Gasteiger partial charge in [0.05, 0.1) is 5.56 Å². The zero-order valence-electron chi connectivity index (χ0n) is 9.53. The standard InChI is InChI=1S/C14H16O2/c1-2-3-4-8-14-12(10-15)11-7-5-6-9-13(11)16-14/h5-7,9-10H,2-4,8H2,1H3. The van der Waals surface area contributed by atoms with Gasteiger partial charge in [-0.15, -0.1) is 0 Å². The van der Waals surface area contributed by atoms with Crippen molar-refractivity contribution in [2.45, 2.75) is 32.6 Å². The van der Waals surface area contributed by atoms with Crippen LogP contribution in [0.3, 0.4) is 0 Å². The Bertz CT molecular complexity index is 482. The summed E-state index contributed by atoms with van der Waals surface area (Å²) in [6.45, 7) is 2.17. The molecule has 0 atom stereocenters. The summed E-state index contributed by atoms with van der Waals surface area (Å²) in [5.74, 6) is 0.838. The summed E-state index contributed by atoms with van der Waals surface area (Å²) in [7, 11) is 0. The van der Waals surface area contributed by atoms with Gasteiger partial charge in [-0.3, -0.25) is 4.79 Å². The number of aldehydes is 1. The quantitative estimate of drug-likeness (QED) is 0.559. The summed E-state index contributed by atoms with van der Waals surface area (Å²) in [4.78, 5) is 11.1. The van der Waals surface area contributed by atoms with E-state index in [1.807, 2.05) is 24.3 Å². The molecule has 0 bridgehead atoms. The van der Waals surface area contributed by atoms with Crippen molar-refractivity contribution in [1.82, 2.24) is 0 Å². The zero-order chi connectivity index (χ0) is 11.4. The molecule has 84 valence electrons. The third kappa shape index (κ3) is 2.01. The van der Waals surface area contributed by atoms with Crippen LogP contribution in [-0.4, -0.2) is 6.29 Å². The van der Waals surface area contributed by atoms with E-state index in [1.165, 1.54) is 12.8 Å². The predicted molar refractivity (Wildman–Crippen MR) is 64.8 cm³/mol. The lowest BCUT2D eigenvalue weighted by Crippen LogP contribution is -1.88. The summed E-state index contributed by atoms with van der Waals surface area (Å²) in [5.41, 5.74) is 1.54. The fraction of sp³-hybridized carbons (Fsp3) is 0.357. The van der Waals surface area contributed by atoms with Crippen LogP contribution in [-0.2, 0) is 6.42 Å². The topological polar surface area (TPSA) is 30.2 Å². The smallest absolute Gasteiger partial charge is 0.154 e. The van der Waals surface area contributed by atoms with Gasteiger partial charge < -0.3 is 4.42 Å². The van der Waals surface area contributed by atoms with Crippen LogP contribution in [0.5, 0.6) is 0 Å². The minimum absolute atomic E-state index is 0.728. The highest BCUT2D eigenvalue weighted by atomic mass is 16.3. The van der Waals surface area contributed by atoms with Gasteiger partial charge in [-0.25, -0.2) is 0 Å². The van der Waals surface area contributed by atoms with Gasteiger partial charge in [0, 0.05) is 11.8 Å². The molecule has 0 aliphatic rings. The van der Waals surface area contributed by atoms with Crippen LogP contribution in [0, 0.1) is 0 Å². The number of aryl methyl sites for hydroxylation is 1. The Labute approximate surface area is 95.3 Å². The molecule has 1 aromatic carbocycles. The highest BCUT2D eigenvalue weighted by molar-refractivity contribution is 5.97. The first-order valence-electron chi connectivity index (χ1n) is 5.82. The summed E-state index contributed by atoms with van der Waals surface area (Å²) in [6, 6.07) is 7.70. The molecular formula is C14H16O2. The molecule has 0 N–H and O–H groups in total. The van der Waals surface area contributed by atoms with Crippen LogP contribution in [0.4, 0.5) is 0 Å². The Morgan fingerprint density at radius 1 is 1.25 bits per heavy atom. The number of benzene rings is 1. The highest BCUT2D eigenvalue weighted by Crippen LogP contribution is 2.25. The molecule has 1 heterocycles. The molecule has 0 saturated heterocycles. The molecule has 0 aliphatic carbocycles.